The molecule has 198 valence electrons. The summed E-state index contributed by atoms with van der Waals surface area (Å²) in [5, 5.41) is 25.0. The van der Waals surface area contributed by atoms with Crippen molar-refractivity contribution < 1.29 is 27.8 Å². The maximum absolute atomic E-state index is 12.7. The first-order valence-corrected chi connectivity index (χ1v) is 14.0. The molecule has 0 fully saturated rings. The van der Waals surface area contributed by atoms with Crippen molar-refractivity contribution >= 4 is 31.4 Å². The van der Waals surface area contributed by atoms with Crippen molar-refractivity contribution in [2.75, 3.05) is 13.4 Å². The lowest BCUT2D eigenvalue weighted by Gasteiger charge is -2.14. The number of phenolic OH excluding ortho intramolecular Hbond substituents is 2. The molecule has 0 heterocycles. The standard InChI is InChI=1S/C21H16O2.C8H9FO3S.C2H6/c1-13-12-18(21(23)17-9-5-4-7-15(13)17)20-16-8-3-2-6-14(16)10-11-19(20)22;1-12-7-4-3-6(9)5-8(7)13(2,10)11;1-2/h2-12,22-23H,1H3;3-5H,1-2H3;1-2H3. The molecule has 0 unspecified atom stereocenters. The van der Waals surface area contributed by atoms with Gasteiger partial charge < -0.3 is 14.9 Å². The molecule has 0 aromatic heterocycles. The normalized spacial score (nSPS) is 10.8. The largest absolute Gasteiger partial charge is 0.507 e. The van der Waals surface area contributed by atoms with E-state index in [1.54, 1.807) is 6.07 Å². The van der Waals surface area contributed by atoms with Crippen LogP contribution in [0, 0.1) is 12.7 Å². The number of halogens is 1. The lowest BCUT2D eigenvalue weighted by Crippen LogP contribution is -2.01. The van der Waals surface area contributed by atoms with Crippen LogP contribution in [0.15, 0.2) is 89.8 Å². The molecule has 0 bridgehead atoms. The summed E-state index contributed by atoms with van der Waals surface area (Å²) >= 11 is 0. The third-order valence-corrected chi connectivity index (χ3v) is 7.04. The maximum atomic E-state index is 12.7. The smallest absolute Gasteiger partial charge is 0.179 e. The Morgan fingerprint density at radius 1 is 0.789 bits per heavy atom. The van der Waals surface area contributed by atoms with E-state index in [9.17, 15) is 23.0 Å². The van der Waals surface area contributed by atoms with Crippen molar-refractivity contribution in [1.82, 2.24) is 0 Å². The molecule has 0 aliphatic rings. The van der Waals surface area contributed by atoms with Gasteiger partial charge in [-0.3, -0.25) is 0 Å². The fraction of sp³-hybridized carbons (Fsp3) is 0.161. The molecule has 0 aliphatic carbocycles. The molecule has 5 aromatic rings. The molecule has 0 aliphatic heterocycles. The van der Waals surface area contributed by atoms with E-state index in [2.05, 4.69) is 0 Å². The molecule has 0 saturated carbocycles. The fourth-order valence-electron chi connectivity index (χ4n) is 4.22. The molecule has 7 heteroatoms. The topological polar surface area (TPSA) is 83.8 Å². The van der Waals surface area contributed by atoms with Crippen LogP contribution in [0.2, 0.25) is 0 Å². The summed E-state index contributed by atoms with van der Waals surface area (Å²) in [5.74, 6) is -0.0586. The zero-order valence-electron chi connectivity index (χ0n) is 22.0. The summed E-state index contributed by atoms with van der Waals surface area (Å²) in [6.45, 7) is 6.02. The Kier molecular flexibility index (Phi) is 8.96. The van der Waals surface area contributed by atoms with Crippen LogP contribution in [-0.4, -0.2) is 32.0 Å². The predicted octanol–water partition coefficient (Wildman–Crippen LogP) is 7.64. The first-order valence-electron chi connectivity index (χ1n) is 12.1. The number of benzene rings is 5. The zero-order chi connectivity index (χ0) is 28.0. The van der Waals surface area contributed by atoms with Crippen molar-refractivity contribution in [3.63, 3.8) is 0 Å². The first-order chi connectivity index (χ1) is 18.1. The van der Waals surface area contributed by atoms with E-state index in [1.165, 1.54) is 13.2 Å². The van der Waals surface area contributed by atoms with Crippen LogP contribution >= 0.6 is 0 Å². The number of aromatic hydroxyl groups is 2. The number of ether oxygens (including phenoxy) is 1. The summed E-state index contributed by atoms with van der Waals surface area (Å²) in [5.41, 5.74) is 2.41. The summed E-state index contributed by atoms with van der Waals surface area (Å²) in [7, 11) is -2.10. The summed E-state index contributed by atoms with van der Waals surface area (Å²) in [6, 6.07) is 24.5. The van der Waals surface area contributed by atoms with Gasteiger partial charge in [-0.1, -0.05) is 68.4 Å². The quantitative estimate of drug-likeness (QED) is 0.248. The lowest BCUT2D eigenvalue weighted by molar-refractivity contribution is 0.401. The van der Waals surface area contributed by atoms with E-state index in [0.29, 0.717) is 11.1 Å². The van der Waals surface area contributed by atoms with Gasteiger partial charge in [0, 0.05) is 22.8 Å². The minimum absolute atomic E-state index is 0.130. The zero-order valence-corrected chi connectivity index (χ0v) is 22.8. The van der Waals surface area contributed by atoms with Gasteiger partial charge in [-0.2, -0.15) is 0 Å². The van der Waals surface area contributed by atoms with E-state index < -0.39 is 15.7 Å². The number of hydrogen-bond donors (Lipinski definition) is 2. The van der Waals surface area contributed by atoms with Gasteiger partial charge in [0.2, 0.25) is 0 Å². The molecule has 38 heavy (non-hydrogen) atoms. The van der Waals surface area contributed by atoms with Crippen LogP contribution in [0.1, 0.15) is 19.4 Å². The molecular weight excluding hydrogens is 503 g/mol. The first kappa shape index (κ1) is 28.5. The van der Waals surface area contributed by atoms with Crippen LogP contribution in [0.5, 0.6) is 17.2 Å². The fourth-order valence-corrected chi connectivity index (χ4v) is 5.06. The Labute approximate surface area is 222 Å². The van der Waals surface area contributed by atoms with E-state index in [0.717, 1.165) is 45.5 Å². The third-order valence-electron chi connectivity index (χ3n) is 5.92. The predicted molar refractivity (Wildman–Crippen MR) is 152 cm³/mol. The molecule has 2 N–H and O–H groups in total. The minimum atomic E-state index is -3.43. The van der Waals surface area contributed by atoms with Gasteiger partial charge in [-0.15, -0.1) is 0 Å². The van der Waals surface area contributed by atoms with Gasteiger partial charge in [0.1, 0.15) is 28.0 Å². The summed E-state index contributed by atoms with van der Waals surface area (Å²) < 4.78 is 39.7. The van der Waals surface area contributed by atoms with E-state index in [-0.39, 0.29) is 22.1 Å². The SMILES string of the molecule is CC.COc1ccc(F)cc1S(C)(=O)=O.Cc1cc(-c2c(O)ccc3ccccc23)c(O)c2ccccc12. The number of phenols is 2. The van der Waals surface area contributed by atoms with Gasteiger partial charge in [0.05, 0.1) is 7.11 Å². The molecule has 0 atom stereocenters. The Bertz CT molecular complexity index is 1690. The molecule has 0 saturated heterocycles. The molecule has 5 nitrogen and oxygen atoms in total. The highest BCUT2D eigenvalue weighted by molar-refractivity contribution is 7.90. The summed E-state index contributed by atoms with van der Waals surface area (Å²) in [4.78, 5) is -0.130. The van der Waals surface area contributed by atoms with Crippen molar-refractivity contribution in [3.05, 3.63) is 96.3 Å². The highest BCUT2D eigenvalue weighted by Crippen LogP contribution is 2.44. The number of methoxy groups -OCH3 is 1. The van der Waals surface area contributed by atoms with Crippen LogP contribution in [0.4, 0.5) is 4.39 Å². The monoisotopic (exact) mass is 534 g/mol. The average Bonchev–Trinajstić information content (AvgIpc) is 2.92. The van der Waals surface area contributed by atoms with E-state index >= 15 is 0 Å². The molecule has 0 spiro atoms. The molecule has 5 rings (SSSR count). The van der Waals surface area contributed by atoms with Crippen molar-refractivity contribution in [2.45, 2.75) is 25.7 Å². The number of hydrogen-bond acceptors (Lipinski definition) is 5. The summed E-state index contributed by atoms with van der Waals surface area (Å²) in [6.07, 6.45) is 1.00. The second-order valence-electron chi connectivity index (χ2n) is 8.38. The van der Waals surface area contributed by atoms with Crippen LogP contribution in [-0.2, 0) is 9.84 Å². The van der Waals surface area contributed by atoms with E-state index in [4.69, 9.17) is 4.74 Å². The van der Waals surface area contributed by atoms with Crippen molar-refractivity contribution in [3.8, 4) is 28.4 Å². The Hall–Kier alpha value is -4.10. The molecular formula is C31H31FO5S. The molecule has 0 amide bonds. The number of rotatable bonds is 3. The number of fused-ring (bicyclic) bond motifs is 2. The minimum Gasteiger partial charge on any atom is -0.507 e. The Balaban J connectivity index is 0.000000228. The van der Waals surface area contributed by atoms with Gasteiger partial charge >= 0.3 is 0 Å². The Morgan fingerprint density at radius 2 is 1.39 bits per heavy atom. The second-order valence-corrected chi connectivity index (χ2v) is 10.4. The Morgan fingerprint density at radius 3 is 2.03 bits per heavy atom. The average molecular weight is 535 g/mol. The third kappa shape index (κ3) is 5.89. The van der Waals surface area contributed by atoms with Crippen LogP contribution in [0.3, 0.4) is 0 Å². The van der Waals surface area contributed by atoms with Crippen molar-refractivity contribution in [2.24, 2.45) is 0 Å². The van der Waals surface area contributed by atoms with Crippen molar-refractivity contribution in [1.29, 1.82) is 0 Å². The molecule has 0 radical (unpaired) electrons. The number of aryl methyl sites for hydroxylation is 1. The van der Waals surface area contributed by atoms with Gasteiger partial charge in [-0.25, -0.2) is 12.8 Å². The molecule has 5 aromatic carbocycles. The van der Waals surface area contributed by atoms with Crippen LogP contribution in [0.25, 0.3) is 32.7 Å². The van der Waals surface area contributed by atoms with Gasteiger partial charge in [0.25, 0.3) is 0 Å². The van der Waals surface area contributed by atoms with Gasteiger partial charge in [-0.05, 0) is 59.0 Å². The maximum Gasteiger partial charge on any atom is 0.179 e. The lowest BCUT2D eigenvalue weighted by atomic mass is 9.92. The van der Waals surface area contributed by atoms with Crippen LogP contribution < -0.4 is 4.74 Å². The highest BCUT2D eigenvalue weighted by atomic mass is 32.2. The van der Waals surface area contributed by atoms with E-state index in [1.807, 2.05) is 81.4 Å². The van der Waals surface area contributed by atoms with Gasteiger partial charge in [0.15, 0.2) is 9.84 Å². The highest BCUT2D eigenvalue weighted by Gasteiger charge is 2.17. The number of sulfone groups is 1. The second kappa shape index (κ2) is 12.0.